The standard InChI is InChI=1S/C12H6N4O2/c13-6-10(7-14)16-15-9-2-3-11-8(5-9)1-4-12(17)18-11/h1-5,15H. The van der Waals surface area contributed by atoms with E-state index < -0.39 is 5.63 Å². The van der Waals surface area contributed by atoms with Gasteiger partial charge in [0.05, 0.1) is 5.69 Å². The summed E-state index contributed by atoms with van der Waals surface area (Å²) in [5.74, 6) is 0. The number of nitriles is 2. The van der Waals surface area contributed by atoms with Crippen LogP contribution in [0.25, 0.3) is 11.0 Å². The zero-order valence-electron chi connectivity index (χ0n) is 9.04. The molecule has 0 aliphatic carbocycles. The topological polar surface area (TPSA) is 102 Å². The molecule has 0 atom stereocenters. The molecule has 18 heavy (non-hydrogen) atoms. The van der Waals surface area contributed by atoms with Crippen molar-refractivity contribution in [2.45, 2.75) is 0 Å². The van der Waals surface area contributed by atoms with Crippen molar-refractivity contribution in [2.24, 2.45) is 5.10 Å². The molecule has 0 aliphatic heterocycles. The average molecular weight is 238 g/mol. The molecule has 0 saturated carbocycles. The molecule has 6 heteroatoms. The number of hydrogen-bond donors (Lipinski definition) is 1. The molecular weight excluding hydrogens is 232 g/mol. The van der Waals surface area contributed by atoms with Crippen molar-refractivity contribution in [3.8, 4) is 12.1 Å². The van der Waals surface area contributed by atoms with E-state index in [1.807, 2.05) is 0 Å². The third-order valence-electron chi connectivity index (χ3n) is 2.13. The highest BCUT2D eigenvalue weighted by molar-refractivity contribution is 6.10. The second kappa shape index (κ2) is 4.81. The van der Waals surface area contributed by atoms with Crippen LogP contribution in [0.1, 0.15) is 0 Å². The first-order chi connectivity index (χ1) is 8.72. The van der Waals surface area contributed by atoms with Crippen LogP contribution in [-0.2, 0) is 0 Å². The van der Waals surface area contributed by atoms with Crippen molar-refractivity contribution < 1.29 is 4.42 Å². The van der Waals surface area contributed by atoms with E-state index in [0.717, 1.165) is 0 Å². The summed E-state index contributed by atoms with van der Waals surface area (Å²) in [6, 6.07) is 11.1. The Labute approximate surface area is 101 Å². The van der Waals surface area contributed by atoms with Crippen molar-refractivity contribution in [1.82, 2.24) is 0 Å². The first kappa shape index (κ1) is 11.4. The van der Waals surface area contributed by atoms with E-state index in [1.165, 1.54) is 6.07 Å². The second-order valence-corrected chi connectivity index (χ2v) is 3.30. The van der Waals surface area contributed by atoms with E-state index in [2.05, 4.69) is 10.5 Å². The van der Waals surface area contributed by atoms with E-state index in [4.69, 9.17) is 14.9 Å². The van der Waals surface area contributed by atoms with Crippen LogP contribution in [0.5, 0.6) is 0 Å². The lowest BCUT2D eigenvalue weighted by Gasteiger charge is -2.01. The largest absolute Gasteiger partial charge is 0.423 e. The van der Waals surface area contributed by atoms with Gasteiger partial charge in [-0.15, -0.1) is 0 Å². The van der Waals surface area contributed by atoms with Crippen LogP contribution in [0, 0.1) is 22.7 Å². The molecule has 0 spiro atoms. The molecular formula is C12H6N4O2. The molecule has 0 aliphatic rings. The highest BCUT2D eigenvalue weighted by Gasteiger charge is 1.99. The molecule has 1 N–H and O–H groups in total. The van der Waals surface area contributed by atoms with E-state index in [9.17, 15) is 4.79 Å². The Balaban J connectivity index is 2.35. The average Bonchev–Trinajstić information content (AvgIpc) is 2.40. The van der Waals surface area contributed by atoms with Gasteiger partial charge in [0, 0.05) is 11.5 Å². The summed E-state index contributed by atoms with van der Waals surface area (Å²) in [5.41, 5.74) is 2.93. The van der Waals surface area contributed by atoms with Gasteiger partial charge in [-0.05, 0) is 24.3 Å². The molecule has 0 saturated heterocycles. The van der Waals surface area contributed by atoms with Crippen molar-refractivity contribution in [2.75, 3.05) is 5.43 Å². The molecule has 6 nitrogen and oxygen atoms in total. The maximum absolute atomic E-state index is 11.0. The highest BCUT2D eigenvalue weighted by atomic mass is 16.4. The molecule has 1 aromatic carbocycles. The van der Waals surface area contributed by atoms with Crippen LogP contribution < -0.4 is 11.1 Å². The molecule has 86 valence electrons. The van der Waals surface area contributed by atoms with Crippen LogP contribution >= 0.6 is 0 Å². The second-order valence-electron chi connectivity index (χ2n) is 3.30. The molecule has 2 rings (SSSR count). The summed E-state index contributed by atoms with van der Waals surface area (Å²) in [6.45, 7) is 0. The molecule has 0 amide bonds. The molecule has 0 unspecified atom stereocenters. The summed E-state index contributed by atoms with van der Waals surface area (Å²) >= 11 is 0. The number of nitrogens with one attached hydrogen (secondary N) is 1. The minimum Gasteiger partial charge on any atom is -0.423 e. The van der Waals surface area contributed by atoms with Gasteiger partial charge < -0.3 is 4.42 Å². The number of anilines is 1. The Morgan fingerprint density at radius 1 is 1.22 bits per heavy atom. The minimum absolute atomic E-state index is 0.269. The fourth-order valence-corrected chi connectivity index (χ4v) is 1.34. The summed E-state index contributed by atoms with van der Waals surface area (Å²) in [5, 5.41) is 21.3. The van der Waals surface area contributed by atoms with Crippen molar-refractivity contribution in [3.05, 3.63) is 40.8 Å². The normalized spacial score (nSPS) is 9.22. The molecule has 1 aromatic heterocycles. The molecule has 0 bridgehead atoms. The van der Waals surface area contributed by atoms with Gasteiger partial charge in [0.15, 0.2) is 0 Å². The monoisotopic (exact) mass is 238 g/mol. The Hall–Kier alpha value is -3.12. The number of hydrogen-bond acceptors (Lipinski definition) is 6. The number of nitrogens with zero attached hydrogens (tertiary/aromatic N) is 3. The van der Waals surface area contributed by atoms with Crippen LogP contribution in [-0.4, -0.2) is 5.71 Å². The van der Waals surface area contributed by atoms with Gasteiger partial charge in [0.2, 0.25) is 5.71 Å². The summed E-state index contributed by atoms with van der Waals surface area (Å²) in [6.07, 6.45) is 0. The van der Waals surface area contributed by atoms with Gasteiger partial charge in [-0.2, -0.15) is 15.6 Å². The van der Waals surface area contributed by atoms with Crippen LogP contribution in [0.2, 0.25) is 0 Å². The number of benzene rings is 1. The van der Waals surface area contributed by atoms with E-state index >= 15 is 0 Å². The zero-order valence-corrected chi connectivity index (χ0v) is 9.04. The molecule has 0 radical (unpaired) electrons. The van der Waals surface area contributed by atoms with E-state index in [0.29, 0.717) is 16.7 Å². The lowest BCUT2D eigenvalue weighted by Crippen LogP contribution is -1.97. The van der Waals surface area contributed by atoms with E-state index in [1.54, 1.807) is 36.4 Å². The third kappa shape index (κ3) is 2.34. The van der Waals surface area contributed by atoms with Gasteiger partial charge in [0.1, 0.15) is 17.7 Å². The first-order valence-corrected chi connectivity index (χ1v) is 4.91. The molecule has 2 aromatic rings. The lowest BCUT2D eigenvalue weighted by atomic mass is 10.2. The number of rotatable bonds is 2. The highest BCUT2D eigenvalue weighted by Crippen LogP contribution is 2.17. The maximum Gasteiger partial charge on any atom is 0.336 e. The first-order valence-electron chi connectivity index (χ1n) is 4.91. The maximum atomic E-state index is 11.0. The quantitative estimate of drug-likeness (QED) is 0.486. The molecule has 1 heterocycles. The van der Waals surface area contributed by atoms with Gasteiger partial charge in [-0.3, -0.25) is 5.43 Å². The Morgan fingerprint density at radius 3 is 2.72 bits per heavy atom. The predicted octanol–water partition coefficient (Wildman–Crippen LogP) is 1.61. The van der Waals surface area contributed by atoms with Crippen LogP contribution in [0.3, 0.4) is 0 Å². The summed E-state index contributed by atoms with van der Waals surface area (Å²) < 4.78 is 4.96. The molecule has 0 fully saturated rings. The van der Waals surface area contributed by atoms with Crippen LogP contribution in [0.4, 0.5) is 5.69 Å². The Morgan fingerprint density at radius 2 is 2.00 bits per heavy atom. The fraction of sp³-hybridized carbons (Fsp3) is 0. The van der Waals surface area contributed by atoms with Gasteiger partial charge in [-0.25, -0.2) is 4.79 Å². The summed E-state index contributed by atoms with van der Waals surface area (Å²) in [4.78, 5) is 11.0. The van der Waals surface area contributed by atoms with Crippen LogP contribution in [0.15, 0.2) is 44.6 Å². The third-order valence-corrected chi connectivity index (χ3v) is 2.13. The van der Waals surface area contributed by atoms with Crippen molar-refractivity contribution in [3.63, 3.8) is 0 Å². The van der Waals surface area contributed by atoms with Gasteiger partial charge in [0.25, 0.3) is 0 Å². The number of hydrazone groups is 1. The zero-order chi connectivity index (χ0) is 13.0. The van der Waals surface area contributed by atoms with E-state index in [-0.39, 0.29) is 5.71 Å². The number of fused-ring (bicyclic) bond motifs is 1. The van der Waals surface area contributed by atoms with Crippen molar-refractivity contribution in [1.29, 1.82) is 10.5 Å². The Bertz CT molecular complexity index is 746. The Kier molecular flexibility index (Phi) is 3.04. The lowest BCUT2D eigenvalue weighted by molar-refractivity contribution is 0.561. The fourth-order valence-electron chi connectivity index (χ4n) is 1.34. The predicted molar refractivity (Wildman–Crippen MR) is 64.8 cm³/mol. The van der Waals surface area contributed by atoms with Gasteiger partial charge in [-0.1, -0.05) is 0 Å². The van der Waals surface area contributed by atoms with Gasteiger partial charge >= 0.3 is 5.63 Å². The summed E-state index contributed by atoms with van der Waals surface area (Å²) in [7, 11) is 0. The SMILES string of the molecule is N#CC(C#N)=NNc1ccc2oc(=O)ccc2c1. The minimum atomic E-state index is -0.419. The smallest absolute Gasteiger partial charge is 0.336 e. The van der Waals surface area contributed by atoms with Crippen molar-refractivity contribution >= 4 is 22.4 Å².